The van der Waals surface area contributed by atoms with Gasteiger partial charge in [0.25, 0.3) is 5.89 Å². The maximum atomic E-state index is 11.1. The Hall–Kier alpha value is -1.69. The lowest BCUT2D eigenvalue weighted by molar-refractivity contribution is -0.139. The van der Waals surface area contributed by atoms with Crippen molar-refractivity contribution in [3.63, 3.8) is 0 Å². The van der Waals surface area contributed by atoms with Gasteiger partial charge < -0.3 is 9.52 Å². The highest BCUT2D eigenvalue weighted by molar-refractivity contribution is 7.13. The van der Waals surface area contributed by atoms with E-state index in [4.69, 9.17) is 9.52 Å². The first-order valence-electron chi connectivity index (χ1n) is 7.17. The number of rotatable bonds is 5. The molecule has 2 aromatic heterocycles. The molecule has 0 bridgehead atoms. The van der Waals surface area contributed by atoms with Crippen LogP contribution in [0, 0.1) is 12.3 Å². The predicted octanol–water partition coefficient (Wildman–Crippen LogP) is 3.68. The van der Waals surface area contributed by atoms with Crippen molar-refractivity contribution in [3.05, 3.63) is 22.9 Å². The molecular formula is C15H18N2O3S. The first kappa shape index (κ1) is 14.3. The third-order valence-corrected chi connectivity index (χ3v) is 5.24. The van der Waals surface area contributed by atoms with Crippen molar-refractivity contribution in [2.45, 2.75) is 45.4 Å². The Labute approximate surface area is 127 Å². The van der Waals surface area contributed by atoms with Gasteiger partial charge in [0.2, 0.25) is 5.89 Å². The second-order valence-electron chi connectivity index (χ2n) is 5.89. The molecule has 0 unspecified atom stereocenters. The summed E-state index contributed by atoms with van der Waals surface area (Å²) in [4.78, 5) is 12.1. The highest BCUT2D eigenvalue weighted by Gasteiger charge is 2.37. The zero-order valence-electron chi connectivity index (χ0n) is 12.0. The van der Waals surface area contributed by atoms with Crippen LogP contribution in [0.3, 0.4) is 0 Å². The van der Waals surface area contributed by atoms with Crippen molar-refractivity contribution in [1.29, 1.82) is 0 Å². The van der Waals surface area contributed by atoms with Crippen LogP contribution < -0.4 is 0 Å². The van der Waals surface area contributed by atoms with E-state index in [0.29, 0.717) is 18.2 Å². The van der Waals surface area contributed by atoms with E-state index in [9.17, 15) is 4.79 Å². The van der Waals surface area contributed by atoms with Crippen LogP contribution in [-0.4, -0.2) is 21.3 Å². The van der Waals surface area contributed by atoms with Gasteiger partial charge in [-0.1, -0.05) is 12.8 Å². The van der Waals surface area contributed by atoms with Crippen molar-refractivity contribution < 1.29 is 14.3 Å². The van der Waals surface area contributed by atoms with Crippen molar-refractivity contribution in [2.75, 3.05) is 0 Å². The van der Waals surface area contributed by atoms with E-state index in [1.807, 2.05) is 18.4 Å². The van der Waals surface area contributed by atoms with Crippen molar-refractivity contribution >= 4 is 17.3 Å². The highest BCUT2D eigenvalue weighted by Crippen LogP contribution is 2.44. The molecule has 0 atom stereocenters. The molecular weight excluding hydrogens is 288 g/mol. The largest absolute Gasteiger partial charge is 0.481 e. The lowest BCUT2D eigenvalue weighted by Crippen LogP contribution is -2.23. The maximum absolute atomic E-state index is 11.1. The number of nitrogens with zero attached hydrogens (tertiary/aromatic N) is 2. The topological polar surface area (TPSA) is 76.2 Å². The Balaban J connectivity index is 1.80. The fraction of sp³-hybridized carbons (Fsp3) is 0.533. The van der Waals surface area contributed by atoms with Gasteiger partial charge in [-0.3, -0.25) is 4.79 Å². The molecule has 112 valence electrons. The summed E-state index contributed by atoms with van der Waals surface area (Å²) in [7, 11) is 0. The molecule has 2 aromatic rings. The minimum Gasteiger partial charge on any atom is -0.481 e. The van der Waals surface area contributed by atoms with Gasteiger partial charge >= 0.3 is 5.97 Å². The van der Waals surface area contributed by atoms with Crippen LogP contribution in [0.1, 0.15) is 43.6 Å². The molecule has 0 aromatic carbocycles. The Morgan fingerprint density at radius 1 is 1.43 bits per heavy atom. The molecule has 0 spiro atoms. The van der Waals surface area contributed by atoms with Gasteiger partial charge in [-0.15, -0.1) is 21.5 Å². The number of carbonyl (C=O) groups is 1. The van der Waals surface area contributed by atoms with E-state index in [-0.39, 0.29) is 11.8 Å². The minimum absolute atomic E-state index is 0.183. The number of thiophene rings is 1. The van der Waals surface area contributed by atoms with Crippen LogP contribution in [0.4, 0.5) is 0 Å². The summed E-state index contributed by atoms with van der Waals surface area (Å²) < 4.78 is 5.77. The monoisotopic (exact) mass is 306 g/mol. The van der Waals surface area contributed by atoms with Crippen LogP contribution in [0.5, 0.6) is 0 Å². The van der Waals surface area contributed by atoms with Crippen LogP contribution >= 0.6 is 11.3 Å². The molecule has 2 heterocycles. The molecule has 1 aliphatic rings. The second kappa shape index (κ2) is 5.60. The first-order valence-corrected chi connectivity index (χ1v) is 8.05. The van der Waals surface area contributed by atoms with Crippen LogP contribution in [0.2, 0.25) is 0 Å². The number of hydrogen-bond acceptors (Lipinski definition) is 5. The molecule has 5 nitrogen and oxygen atoms in total. The van der Waals surface area contributed by atoms with Crippen LogP contribution in [-0.2, 0) is 11.2 Å². The molecule has 0 amide bonds. The van der Waals surface area contributed by atoms with Gasteiger partial charge in [0.15, 0.2) is 0 Å². The van der Waals surface area contributed by atoms with E-state index in [1.165, 1.54) is 0 Å². The molecule has 6 heteroatoms. The molecule has 21 heavy (non-hydrogen) atoms. The van der Waals surface area contributed by atoms with Gasteiger partial charge in [0.05, 0.1) is 11.3 Å². The molecule has 1 saturated carbocycles. The lowest BCUT2D eigenvalue weighted by atomic mass is 9.79. The average molecular weight is 306 g/mol. The normalized spacial score (nSPS) is 17.2. The maximum Gasteiger partial charge on any atom is 0.303 e. The Morgan fingerprint density at radius 3 is 2.81 bits per heavy atom. The molecule has 0 saturated heterocycles. The Kier molecular flexibility index (Phi) is 3.80. The van der Waals surface area contributed by atoms with Crippen LogP contribution in [0.15, 0.2) is 15.9 Å². The highest BCUT2D eigenvalue weighted by atomic mass is 32.1. The summed E-state index contributed by atoms with van der Waals surface area (Å²) in [6, 6.07) is 2.02. The Bertz CT molecular complexity index is 641. The van der Waals surface area contributed by atoms with E-state index >= 15 is 0 Å². The summed E-state index contributed by atoms with van der Waals surface area (Å²) in [6.45, 7) is 2.01. The fourth-order valence-corrected chi connectivity index (χ4v) is 4.04. The van der Waals surface area contributed by atoms with Gasteiger partial charge in [-0.2, -0.15) is 0 Å². The molecule has 0 aliphatic heterocycles. The number of hydrogen-bond donors (Lipinski definition) is 1. The number of aromatic nitrogens is 2. The SMILES string of the molecule is Cc1ccsc1-c1nnc(CC2(CC(=O)O)CCCC2)o1. The molecule has 3 rings (SSSR count). The molecule has 0 radical (unpaired) electrons. The first-order chi connectivity index (χ1) is 10.1. The van der Waals surface area contributed by atoms with Crippen molar-refractivity contribution in [1.82, 2.24) is 10.2 Å². The lowest BCUT2D eigenvalue weighted by Gasteiger charge is -2.24. The summed E-state index contributed by atoms with van der Waals surface area (Å²) >= 11 is 1.58. The third-order valence-electron chi connectivity index (χ3n) is 4.24. The van der Waals surface area contributed by atoms with Crippen molar-refractivity contribution in [2.24, 2.45) is 5.41 Å². The van der Waals surface area contributed by atoms with E-state index < -0.39 is 5.97 Å². The summed E-state index contributed by atoms with van der Waals surface area (Å²) in [5.74, 6) is 0.354. The standard InChI is InChI=1S/C15H18N2O3S/c1-10-4-7-21-13(10)14-17-16-11(20-14)8-15(9-12(18)19)5-2-3-6-15/h4,7H,2-3,5-6,8-9H2,1H3,(H,18,19). The third kappa shape index (κ3) is 3.00. The van der Waals surface area contributed by atoms with Gasteiger partial charge in [0.1, 0.15) is 0 Å². The predicted molar refractivity (Wildman–Crippen MR) is 79.2 cm³/mol. The number of aliphatic carboxylic acids is 1. The van der Waals surface area contributed by atoms with E-state index in [2.05, 4.69) is 10.2 Å². The number of carboxylic acids is 1. The average Bonchev–Trinajstić information content (AvgIpc) is 3.11. The minimum atomic E-state index is -0.745. The molecule has 1 N–H and O–H groups in total. The quantitative estimate of drug-likeness (QED) is 0.911. The van der Waals surface area contributed by atoms with Gasteiger partial charge in [-0.25, -0.2) is 0 Å². The smallest absolute Gasteiger partial charge is 0.303 e. The zero-order chi connectivity index (χ0) is 14.9. The Morgan fingerprint density at radius 2 is 2.19 bits per heavy atom. The summed E-state index contributed by atoms with van der Waals surface area (Å²) in [5.41, 5.74) is 0.913. The zero-order valence-corrected chi connectivity index (χ0v) is 12.8. The fourth-order valence-electron chi connectivity index (χ4n) is 3.19. The van der Waals surface area contributed by atoms with Crippen molar-refractivity contribution in [3.8, 4) is 10.8 Å². The van der Waals surface area contributed by atoms with Gasteiger partial charge in [-0.05, 0) is 42.2 Å². The summed E-state index contributed by atoms with van der Waals surface area (Å²) in [6.07, 6.45) is 4.76. The van der Waals surface area contributed by atoms with E-state index in [1.54, 1.807) is 11.3 Å². The van der Waals surface area contributed by atoms with Gasteiger partial charge in [0, 0.05) is 6.42 Å². The van der Waals surface area contributed by atoms with Crippen LogP contribution in [0.25, 0.3) is 10.8 Å². The molecule has 1 fully saturated rings. The van der Waals surface area contributed by atoms with E-state index in [0.717, 1.165) is 36.1 Å². The summed E-state index contributed by atoms with van der Waals surface area (Å²) in [5, 5.41) is 19.4. The second-order valence-corrected chi connectivity index (χ2v) is 6.80. The number of carboxylic acid groups (broad SMARTS) is 1. The number of aryl methyl sites for hydroxylation is 1. The molecule has 1 aliphatic carbocycles.